The third kappa shape index (κ3) is 9.32. The van der Waals surface area contributed by atoms with Crippen LogP contribution in [0.2, 0.25) is 0 Å². The lowest BCUT2D eigenvalue weighted by molar-refractivity contribution is -0.128. The zero-order chi connectivity index (χ0) is 30.8. The largest absolute Gasteiger partial charge is 0.373 e. The monoisotopic (exact) mass is 585 g/mol. The number of carbonyl (C=O) groups is 3. The number of nitrogens with one attached hydrogen (secondary N) is 2. The number of fused-ring (bicyclic) bond motifs is 1. The molecule has 4 aromatic rings. The van der Waals surface area contributed by atoms with Gasteiger partial charge in [-0.1, -0.05) is 0 Å². The summed E-state index contributed by atoms with van der Waals surface area (Å²) in [4.78, 5) is 53.5. The van der Waals surface area contributed by atoms with Gasteiger partial charge in [-0.05, 0) is 67.9 Å². The summed E-state index contributed by atoms with van der Waals surface area (Å²) in [5.74, 6) is 2.19. The van der Waals surface area contributed by atoms with Gasteiger partial charge in [0.2, 0.25) is 12.3 Å². The van der Waals surface area contributed by atoms with Crippen LogP contribution in [0.15, 0.2) is 55.4 Å². The summed E-state index contributed by atoms with van der Waals surface area (Å²) in [5, 5.41) is 6.22. The second-order valence-electron chi connectivity index (χ2n) is 10.8. The van der Waals surface area contributed by atoms with Gasteiger partial charge in [-0.15, -0.1) is 0 Å². The van der Waals surface area contributed by atoms with Gasteiger partial charge in [-0.25, -0.2) is 15.0 Å². The Morgan fingerprint density at radius 1 is 1.05 bits per heavy atom. The number of hydrogen-bond donors (Lipinski definition) is 2. The smallest absolute Gasteiger partial charge is 0.242 e. The van der Waals surface area contributed by atoms with Crippen LogP contribution in [0.25, 0.3) is 5.65 Å². The fraction of sp³-hybridized carbons (Fsp3) is 0.387. The lowest BCUT2D eigenvalue weighted by Gasteiger charge is -2.20. The molecule has 4 heterocycles. The van der Waals surface area contributed by atoms with Crippen molar-refractivity contribution < 1.29 is 14.4 Å². The molecule has 43 heavy (non-hydrogen) atoms. The van der Waals surface area contributed by atoms with Crippen LogP contribution in [-0.2, 0) is 20.9 Å². The van der Waals surface area contributed by atoms with E-state index in [-0.39, 0.29) is 12.5 Å². The molecule has 0 atom stereocenters. The molecule has 2 fully saturated rings. The number of pyridine rings is 2. The van der Waals surface area contributed by atoms with Crippen LogP contribution in [0.5, 0.6) is 0 Å². The number of aldehydes is 1. The molecular weight excluding hydrogens is 546 g/mol. The molecule has 2 aliphatic rings. The number of aromatic nitrogens is 5. The van der Waals surface area contributed by atoms with Crippen molar-refractivity contribution in [1.29, 1.82) is 0 Å². The molecule has 6 rings (SSSR count). The SMILES string of the molecule is CNc1cc(NCc2cn3cc(C4CC4)cc(N(C=O)CC(=O)N(C)C)c3n2)ncn1.Cc1ccncc1.O=CC1CC1. The Hall–Kier alpha value is -4.87. The topological polar surface area (TPSA) is 138 Å². The third-order valence-corrected chi connectivity index (χ3v) is 6.93. The Bertz CT molecular complexity index is 1520. The number of anilines is 3. The minimum absolute atomic E-state index is 0.0333. The van der Waals surface area contributed by atoms with Crippen LogP contribution in [0, 0.1) is 12.8 Å². The predicted molar refractivity (Wildman–Crippen MR) is 166 cm³/mol. The predicted octanol–water partition coefficient (Wildman–Crippen LogP) is 3.69. The summed E-state index contributed by atoms with van der Waals surface area (Å²) in [6.07, 6.45) is 15.3. The standard InChI is InChI=1S/C21H26N8O2.C6H7N.C4H6O/c1-22-18-7-19(25-12-24-18)23-8-16-10-28-9-15(14-4-5-14)6-17(21(28)26-16)29(13-30)11-20(31)27(2)3;1-6-2-4-7-5-3-6;5-3-4-1-2-4/h6-7,9-10,12-14H,4-5,8,11H2,1-3H3,(H2,22,23,24,25);2-5H,1H3;3-4H,1-2H2. The summed E-state index contributed by atoms with van der Waals surface area (Å²) in [5.41, 5.74) is 4.48. The maximum Gasteiger partial charge on any atom is 0.242 e. The van der Waals surface area contributed by atoms with Gasteiger partial charge in [0.15, 0.2) is 5.65 Å². The van der Waals surface area contributed by atoms with Crippen molar-refractivity contribution in [2.45, 2.75) is 45.1 Å². The van der Waals surface area contributed by atoms with E-state index in [1.807, 2.05) is 41.8 Å². The first-order valence-electron chi connectivity index (χ1n) is 14.3. The first-order chi connectivity index (χ1) is 20.8. The van der Waals surface area contributed by atoms with E-state index in [9.17, 15) is 14.4 Å². The highest BCUT2D eigenvalue weighted by molar-refractivity contribution is 5.92. The molecule has 0 saturated heterocycles. The number of nitrogens with zero attached hydrogens (tertiary/aromatic N) is 7. The first kappa shape index (κ1) is 31.1. The van der Waals surface area contributed by atoms with E-state index in [4.69, 9.17) is 4.98 Å². The summed E-state index contributed by atoms with van der Waals surface area (Å²) in [6.45, 7) is 2.47. The summed E-state index contributed by atoms with van der Waals surface area (Å²) in [7, 11) is 5.15. The van der Waals surface area contributed by atoms with Crippen molar-refractivity contribution in [1.82, 2.24) is 29.2 Å². The Kier molecular flexibility index (Phi) is 10.7. The van der Waals surface area contributed by atoms with Gasteiger partial charge in [0.25, 0.3) is 0 Å². The number of hydrogen-bond acceptors (Lipinski definition) is 9. The number of carbonyl (C=O) groups excluding carboxylic acids is 3. The minimum atomic E-state index is -0.153. The number of rotatable bonds is 10. The van der Waals surface area contributed by atoms with E-state index in [1.54, 1.807) is 33.5 Å². The molecule has 0 bridgehead atoms. The molecule has 0 spiro atoms. The highest BCUT2D eigenvalue weighted by Gasteiger charge is 2.27. The fourth-order valence-electron chi connectivity index (χ4n) is 3.99. The highest BCUT2D eigenvalue weighted by Crippen LogP contribution is 2.41. The molecule has 12 heteroatoms. The third-order valence-electron chi connectivity index (χ3n) is 6.93. The lowest BCUT2D eigenvalue weighted by atomic mass is 10.1. The van der Waals surface area contributed by atoms with Crippen molar-refractivity contribution >= 4 is 41.6 Å². The molecule has 12 nitrogen and oxygen atoms in total. The van der Waals surface area contributed by atoms with Crippen LogP contribution in [0.1, 0.15) is 48.4 Å². The van der Waals surface area contributed by atoms with Crippen molar-refractivity contribution in [2.75, 3.05) is 43.2 Å². The van der Waals surface area contributed by atoms with Crippen LogP contribution in [0.3, 0.4) is 0 Å². The van der Waals surface area contributed by atoms with Crippen molar-refractivity contribution in [3.8, 4) is 0 Å². The summed E-state index contributed by atoms with van der Waals surface area (Å²) >= 11 is 0. The van der Waals surface area contributed by atoms with Crippen molar-refractivity contribution in [3.05, 3.63) is 72.2 Å². The fourth-order valence-corrected chi connectivity index (χ4v) is 3.99. The molecule has 4 aromatic heterocycles. The van der Waals surface area contributed by atoms with Crippen molar-refractivity contribution in [3.63, 3.8) is 0 Å². The second kappa shape index (κ2) is 14.9. The molecule has 2 amide bonds. The molecule has 226 valence electrons. The quantitative estimate of drug-likeness (QED) is 0.267. The molecular formula is C31H39N9O3. The van der Waals surface area contributed by atoms with Crippen LogP contribution < -0.4 is 15.5 Å². The van der Waals surface area contributed by atoms with Crippen LogP contribution in [-0.4, -0.2) is 75.5 Å². The Morgan fingerprint density at radius 2 is 1.77 bits per heavy atom. The average Bonchev–Trinajstić information content (AvgIpc) is 3.96. The van der Waals surface area contributed by atoms with Crippen LogP contribution in [0.4, 0.5) is 17.3 Å². The van der Waals surface area contributed by atoms with Gasteiger partial charge in [0.05, 0.1) is 17.9 Å². The van der Waals surface area contributed by atoms with Crippen LogP contribution >= 0.6 is 0 Å². The maximum atomic E-state index is 12.2. The zero-order valence-electron chi connectivity index (χ0n) is 25.1. The van der Waals surface area contributed by atoms with Gasteiger partial charge in [-0.3, -0.25) is 14.6 Å². The van der Waals surface area contributed by atoms with E-state index >= 15 is 0 Å². The number of amides is 2. The number of imidazole rings is 1. The van der Waals surface area contributed by atoms with Crippen molar-refractivity contribution in [2.24, 2.45) is 5.92 Å². The van der Waals surface area contributed by atoms with Gasteiger partial charge in [0, 0.05) is 57.9 Å². The Morgan fingerprint density at radius 3 is 2.30 bits per heavy atom. The summed E-state index contributed by atoms with van der Waals surface area (Å²) < 4.78 is 1.94. The van der Waals surface area contributed by atoms with E-state index in [1.165, 1.54) is 21.7 Å². The van der Waals surface area contributed by atoms with Gasteiger partial charge >= 0.3 is 0 Å². The molecule has 0 aliphatic heterocycles. The second-order valence-corrected chi connectivity index (χ2v) is 10.8. The molecule has 2 N–H and O–H groups in total. The molecule has 0 aromatic carbocycles. The normalized spacial score (nSPS) is 13.5. The summed E-state index contributed by atoms with van der Waals surface area (Å²) in [6, 6.07) is 7.74. The number of likely N-dealkylation sites (N-methyl/N-ethyl adjacent to an activating group) is 1. The molecule has 2 saturated carbocycles. The van der Waals surface area contributed by atoms with E-state index < -0.39 is 0 Å². The highest BCUT2D eigenvalue weighted by atomic mass is 16.2. The maximum absolute atomic E-state index is 12.2. The van der Waals surface area contributed by atoms with Gasteiger partial charge in [-0.2, -0.15) is 0 Å². The lowest BCUT2D eigenvalue weighted by Crippen LogP contribution is -2.36. The molecule has 2 aliphatic carbocycles. The number of aryl methyl sites for hydroxylation is 1. The Balaban J connectivity index is 0.000000291. The molecule has 0 unspecified atom stereocenters. The van der Waals surface area contributed by atoms with E-state index in [0.29, 0.717) is 41.9 Å². The zero-order valence-corrected chi connectivity index (χ0v) is 25.1. The average molecular weight is 586 g/mol. The molecule has 0 radical (unpaired) electrons. The van der Waals surface area contributed by atoms with E-state index in [2.05, 4.69) is 31.8 Å². The Labute approximate surface area is 251 Å². The van der Waals surface area contributed by atoms with Gasteiger partial charge in [0.1, 0.15) is 30.8 Å². The van der Waals surface area contributed by atoms with Gasteiger partial charge < -0.3 is 29.6 Å². The first-order valence-corrected chi connectivity index (χ1v) is 14.3. The van der Waals surface area contributed by atoms with E-state index in [0.717, 1.165) is 49.0 Å². The minimum Gasteiger partial charge on any atom is -0.373 e.